The number of anilines is 1. The van der Waals surface area contributed by atoms with Gasteiger partial charge in [0.05, 0.1) is 23.6 Å². The summed E-state index contributed by atoms with van der Waals surface area (Å²) in [5, 5.41) is 11.5. The summed E-state index contributed by atoms with van der Waals surface area (Å²) in [6.45, 7) is 0.209. The van der Waals surface area contributed by atoms with Crippen LogP contribution in [0.15, 0.2) is 35.9 Å². The number of aromatic carboxylic acids is 1. The third kappa shape index (κ3) is 3.55. The molecule has 7 nitrogen and oxygen atoms in total. The Hall–Kier alpha value is -3.09. The Morgan fingerprint density at radius 3 is 2.52 bits per heavy atom. The molecule has 1 saturated carbocycles. The first kappa shape index (κ1) is 16.8. The molecule has 0 spiro atoms. The highest BCUT2D eigenvalue weighted by Crippen LogP contribution is 2.22. The smallest absolute Gasteiger partial charge is 0.413 e. The summed E-state index contributed by atoms with van der Waals surface area (Å²) in [5.74, 6) is -1.58. The van der Waals surface area contributed by atoms with Gasteiger partial charge >= 0.3 is 11.9 Å². The summed E-state index contributed by atoms with van der Waals surface area (Å²) in [5.41, 5.74) is 1.83. The van der Waals surface area contributed by atoms with Crippen molar-refractivity contribution in [3.05, 3.63) is 41.5 Å². The van der Waals surface area contributed by atoms with Crippen LogP contribution in [-0.4, -0.2) is 45.5 Å². The molecule has 1 aliphatic heterocycles. The minimum atomic E-state index is -1.03. The predicted octanol–water partition coefficient (Wildman–Crippen LogP) is 1.39. The van der Waals surface area contributed by atoms with E-state index >= 15 is 0 Å². The molecule has 25 heavy (non-hydrogen) atoms. The number of hydrogen-bond acceptors (Lipinski definition) is 4. The predicted molar refractivity (Wildman–Crippen MR) is 88.7 cm³/mol. The number of amides is 2. The molecule has 2 amide bonds. The fraction of sp³-hybridized carbons (Fsp3) is 0.278. The molecule has 128 valence electrons. The lowest BCUT2D eigenvalue weighted by molar-refractivity contribution is -0.441. The first-order chi connectivity index (χ1) is 12.0. The largest absolute Gasteiger partial charge is 0.478 e. The molecule has 7 heteroatoms. The number of allylic oxidation sites excluding steroid dienone is 1. The quantitative estimate of drug-likeness (QED) is 0.788. The number of nitrogens with one attached hydrogen (secondary N) is 1. The SMILES string of the molecule is O=C(CC[N+]1=C2CCCC(=O)C2=CC1=O)Nc1ccc(C(=O)O)cc1. The molecule has 0 saturated heterocycles. The summed E-state index contributed by atoms with van der Waals surface area (Å²) in [7, 11) is 0. The number of carboxylic acids is 1. The van der Waals surface area contributed by atoms with Crippen LogP contribution in [0.5, 0.6) is 0 Å². The van der Waals surface area contributed by atoms with Gasteiger partial charge < -0.3 is 10.4 Å². The Kier molecular flexibility index (Phi) is 4.56. The highest BCUT2D eigenvalue weighted by molar-refractivity contribution is 6.27. The summed E-state index contributed by atoms with van der Waals surface area (Å²) in [4.78, 5) is 46.7. The number of carboxylic acid groups (broad SMARTS) is 1. The standard InChI is InChI=1S/C18H16N2O5/c21-15-3-1-2-14-13(15)10-17(23)20(14)9-8-16(22)19-12-6-4-11(5-7-12)18(24)25/h4-7,10H,1-3,8-9H2,(H-,19,22,24,25)/p+1. The van der Waals surface area contributed by atoms with Crippen molar-refractivity contribution in [3.8, 4) is 0 Å². The van der Waals surface area contributed by atoms with Crippen LogP contribution in [0.4, 0.5) is 5.69 Å². The van der Waals surface area contributed by atoms with Crippen LogP contribution in [0.1, 0.15) is 36.0 Å². The summed E-state index contributed by atoms with van der Waals surface area (Å²) < 4.78 is 1.50. The van der Waals surface area contributed by atoms with Crippen molar-refractivity contribution < 1.29 is 28.9 Å². The molecular formula is C18H17N2O5+. The van der Waals surface area contributed by atoms with Crippen molar-refractivity contribution in [2.75, 3.05) is 11.9 Å². The molecule has 0 unspecified atom stereocenters. The topological polar surface area (TPSA) is 104 Å². The van der Waals surface area contributed by atoms with Crippen molar-refractivity contribution in [2.45, 2.75) is 25.7 Å². The summed E-state index contributed by atoms with van der Waals surface area (Å²) in [6.07, 6.45) is 3.30. The zero-order valence-corrected chi connectivity index (χ0v) is 13.4. The molecule has 1 aromatic rings. The fourth-order valence-corrected chi connectivity index (χ4v) is 3.00. The van der Waals surface area contributed by atoms with Crippen LogP contribution in [0, 0.1) is 0 Å². The number of rotatable bonds is 5. The van der Waals surface area contributed by atoms with Gasteiger partial charge in [-0.15, -0.1) is 0 Å². The van der Waals surface area contributed by atoms with E-state index in [0.29, 0.717) is 24.1 Å². The van der Waals surface area contributed by atoms with Gasteiger partial charge in [0, 0.05) is 18.5 Å². The molecule has 1 aliphatic carbocycles. The van der Waals surface area contributed by atoms with Crippen LogP contribution >= 0.6 is 0 Å². The minimum Gasteiger partial charge on any atom is -0.478 e. The number of Topliss-reactive ketones (excluding diaryl/α,β-unsaturated/α-hetero) is 1. The van der Waals surface area contributed by atoms with Crippen LogP contribution in [0.25, 0.3) is 0 Å². The van der Waals surface area contributed by atoms with E-state index in [9.17, 15) is 19.2 Å². The van der Waals surface area contributed by atoms with Crippen molar-refractivity contribution in [2.24, 2.45) is 0 Å². The van der Waals surface area contributed by atoms with Gasteiger partial charge in [0.1, 0.15) is 0 Å². The average molecular weight is 341 g/mol. The molecule has 0 aromatic heterocycles. The zero-order chi connectivity index (χ0) is 18.0. The van der Waals surface area contributed by atoms with E-state index in [1.807, 2.05) is 0 Å². The first-order valence-corrected chi connectivity index (χ1v) is 8.01. The summed E-state index contributed by atoms with van der Waals surface area (Å²) >= 11 is 0. The van der Waals surface area contributed by atoms with Crippen LogP contribution in [-0.2, 0) is 14.4 Å². The highest BCUT2D eigenvalue weighted by Gasteiger charge is 2.38. The second-order valence-corrected chi connectivity index (χ2v) is 5.95. The van der Waals surface area contributed by atoms with Crippen LogP contribution < -0.4 is 5.32 Å². The maximum absolute atomic E-state index is 12.1. The van der Waals surface area contributed by atoms with E-state index in [4.69, 9.17) is 5.11 Å². The van der Waals surface area contributed by atoms with Crippen LogP contribution in [0.2, 0.25) is 0 Å². The van der Waals surface area contributed by atoms with Gasteiger partial charge in [0.15, 0.2) is 18.0 Å². The third-order valence-electron chi connectivity index (χ3n) is 4.27. The van der Waals surface area contributed by atoms with Crippen molar-refractivity contribution in [3.63, 3.8) is 0 Å². The van der Waals surface area contributed by atoms with Crippen molar-refractivity contribution in [1.29, 1.82) is 0 Å². The lowest BCUT2D eigenvalue weighted by atomic mass is 9.92. The Balaban J connectivity index is 1.61. The molecule has 2 N–H and O–H groups in total. The van der Waals surface area contributed by atoms with Crippen LogP contribution in [0.3, 0.4) is 0 Å². The lowest BCUT2D eigenvalue weighted by Gasteiger charge is -2.09. The molecular weight excluding hydrogens is 324 g/mol. The van der Waals surface area contributed by atoms with Gasteiger partial charge in [-0.1, -0.05) is 0 Å². The molecule has 3 rings (SSSR count). The Labute approximate surface area is 143 Å². The second kappa shape index (κ2) is 6.80. The fourth-order valence-electron chi connectivity index (χ4n) is 3.00. The number of benzene rings is 1. The zero-order valence-electron chi connectivity index (χ0n) is 13.4. The van der Waals surface area contributed by atoms with E-state index in [1.54, 1.807) is 0 Å². The monoisotopic (exact) mass is 341 g/mol. The Bertz CT molecular complexity index is 834. The maximum atomic E-state index is 12.1. The lowest BCUT2D eigenvalue weighted by Crippen LogP contribution is -2.29. The van der Waals surface area contributed by atoms with E-state index in [1.165, 1.54) is 34.9 Å². The van der Waals surface area contributed by atoms with Gasteiger partial charge in [-0.2, -0.15) is 4.58 Å². The van der Waals surface area contributed by atoms with Gasteiger partial charge in [-0.25, -0.2) is 9.59 Å². The number of fused-ring (bicyclic) bond motifs is 1. The molecule has 0 atom stereocenters. The average Bonchev–Trinajstić information content (AvgIpc) is 2.90. The number of carbonyl (C=O) groups excluding carboxylic acids is 3. The number of nitrogens with zero attached hydrogens (tertiary/aromatic N) is 1. The highest BCUT2D eigenvalue weighted by atomic mass is 16.4. The Morgan fingerprint density at radius 2 is 1.84 bits per heavy atom. The molecule has 1 aromatic carbocycles. The van der Waals surface area contributed by atoms with E-state index in [-0.39, 0.29) is 36.1 Å². The van der Waals surface area contributed by atoms with Crippen molar-refractivity contribution >= 4 is 35.0 Å². The number of ketones is 1. The first-order valence-electron chi connectivity index (χ1n) is 8.01. The van der Waals surface area contributed by atoms with Gasteiger partial charge in [0.2, 0.25) is 5.91 Å². The number of hydrogen-bond donors (Lipinski definition) is 2. The van der Waals surface area contributed by atoms with Gasteiger partial charge in [-0.05, 0) is 30.7 Å². The molecule has 0 bridgehead atoms. The minimum absolute atomic E-state index is 0.0138. The second-order valence-electron chi connectivity index (χ2n) is 5.95. The van der Waals surface area contributed by atoms with E-state index < -0.39 is 5.97 Å². The molecule has 1 fully saturated rings. The molecule has 2 aliphatic rings. The normalized spacial score (nSPS) is 16.6. The summed E-state index contributed by atoms with van der Waals surface area (Å²) in [6, 6.07) is 5.83. The van der Waals surface area contributed by atoms with Gasteiger partial charge in [-0.3, -0.25) is 9.59 Å². The maximum Gasteiger partial charge on any atom is 0.413 e. The van der Waals surface area contributed by atoms with Gasteiger partial charge in [0.25, 0.3) is 0 Å². The van der Waals surface area contributed by atoms with Crippen molar-refractivity contribution in [1.82, 2.24) is 0 Å². The molecule has 0 radical (unpaired) electrons. The van der Waals surface area contributed by atoms with E-state index in [2.05, 4.69) is 5.32 Å². The Morgan fingerprint density at radius 1 is 1.12 bits per heavy atom. The van der Waals surface area contributed by atoms with E-state index in [0.717, 1.165) is 12.1 Å². The third-order valence-corrected chi connectivity index (χ3v) is 4.27. The molecule has 1 heterocycles. The number of carbonyl (C=O) groups is 4.